The lowest BCUT2D eigenvalue weighted by molar-refractivity contribution is -0.120. The first kappa shape index (κ1) is 20.5. The molecule has 6 nitrogen and oxygen atoms in total. The van der Waals surface area contributed by atoms with E-state index < -0.39 is 5.82 Å². The molecular formula is C21H20FN3O3S. The summed E-state index contributed by atoms with van der Waals surface area (Å²) in [6.45, 7) is 0.230. The van der Waals surface area contributed by atoms with Crippen molar-refractivity contribution in [2.45, 2.75) is 12.8 Å². The Morgan fingerprint density at radius 1 is 1.14 bits per heavy atom. The van der Waals surface area contributed by atoms with Crippen molar-refractivity contribution >= 4 is 28.3 Å². The quantitative estimate of drug-likeness (QED) is 0.591. The van der Waals surface area contributed by atoms with E-state index in [4.69, 9.17) is 4.74 Å². The van der Waals surface area contributed by atoms with Crippen LogP contribution >= 0.6 is 11.3 Å². The highest BCUT2D eigenvalue weighted by Crippen LogP contribution is 2.32. The molecule has 0 aliphatic heterocycles. The molecule has 1 aromatic heterocycles. The number of carbonyl (C=O) groups is 2. The van der Waals surface area contributed by atoms with Gasteiger partial charge < -0.3 is 15.4 Å². The van der Waals surface area contributed by atoms with Gasteiger partial charge in [-0.25, -0.2) is 9.37 Å². The van der Waals surface area contributed by atoms with E-state index in [9.17, 15) is 14.0 Å². The third kappa shape index (κ3) is 5.86. The molecule has 1 heterocycles. The number of hydrogen-bond donors (Lipinski definition) is 2. The maximum Gasteiger partial charge on any atom is 0.227 e. The van der Waals surface area contributed by atoms with Gasteiger partial charge in [-0.2, -0.15) is 0 Å². The maximum absolute atomic E-state index is 13.5. The largest absolute Gasteiger partial charge is 0.496 e. The summed E-state index contributed by atoms with van der Waals surface area (Å²) in [6, 6.07) is 13.6. The highest BCUT2D eigenvalue weighted by Gasteiger charge is 2.13. The number of carbonyl (C=O) groups excluding carboxylic acids is 2. The SMILES string of the molecule is COc1ccc(F)cc1-c1csc(NC(=O)CCNC(=O)Cc2ccccc2)n1. The van der Waals surface area contributed by atoms with E-state index in [-0.39, 0.29) is 31.2 Å². The second-order valence-corrected chi connectivity index (χ2v) is 7.05. The number of nitrogens with zero attached hydrogens (tertiary/aromatic N) is 1. The fourth-order valence-corrected chi connectivity index (χ4v) is 3.40. The average molecular weight is 413 g/mol. The van der Waals surface area contributed by atoms with E-state index in [1.54, 1.807) is 5.38 Å². The Morgan fingerprint density at radius 2 is 1.93 bits per heavy atom. The standard InChI is InChI=1S/C21H20FN3O3S/c1-28-18-8-7-15(22)12-16(18)17-13-29-21(24-17)25-19(26)9-10-23-20(27)11-14-5-3-2-4-6-14/h2-8,12-13H,9-11H2,1H3,(H,23,27)(H,24,25,26). The molecule has 2 aromatic carbocycles. The third-order valence-corrected chi connectivity index (χ3v) is 4.83. The molecule has 0 atom stereocenters. The third-order valence-electron chi connectivity index (χ3n) is 4.07. The zero-order valence-electron chi connectivity index (χ0n) is 15.8. The molecule has 0 radical (unpaired) electrons. The van der Waals surface area contributed by atoms with Crippen LogP contribution in [0.1, 0.15) is 12.0 Å². The van der Waals surface area contributed by atoms with Crippen molar-refractivity contribution in [1.82, 2.24) is 10.3 Å². The van der Waals surface area contributed by atoms with Crippen molar-refractivity contribution in [3.05, 3.63) is 65.3 Å². The van der Waals surface area contributed by atoms with Crippen LogP contribution in [0.5, 0.6) is 5.75 Å². The van der Waals surface area contributed by atoms with Crippen LogP contribution in [0.15, 0.2) is 53.9 Å². The first-order valence-electron chi connectivity index (χ1n) is 8.95. The Morgan fingerprint density at radius 3 is 2.69 bits per heavy atom. The van der Waals surface area contributed by atoms with Crippen LogP contribution in [-0.2, 0) is 16.0 Å². The number of thiazole rings is 1. The average Bonchev–Trinajstić information content (AvgIpc) is 3.17. The van der Waals surface area contributed by atoms with Gasteiger partial charge in [0, 0.05) is 23.9 Å². The Labute approximate surface area is 171 Å². The highest BCUT2D eigenvalue weighted by atomic mass is 32.1. The van der Waals surface area contributed by atoms with E-state index >= 15 is 0 Å². The predicted octanol–water partition coefficient (Wildman–Crippen LogP) is 3.65. The number of methoxy groups -OCH3 is 1. The lowest BCUT2D eigenvalue weighted by atomic mass is 10.1. The Balaban J connectivity index is 1.49. The van der Waals surface area contributed by atoms with Crippen LogP contribution in [0.3, 0.4) is 0 Å². The molecule has 0 saturated carbocycles. The summed E-state index contributed by atoms with van der Waals surface area (Å²) in [5.41, 5.74) is 1.94. The van der Waals surface area contributed by atoms with Crippen molar-refractivity contribution in [3.8, 4) is 17.0 Å². The maximum atomic E-state index is 13.5. The minimum absolute atomic E-state index is 0.124. The molecule has 8 heteroatoms. The van der Waals surface area contributed by atoms with Crippen LogP contribution in [-0.4, -0.2) is 30.5 Å². The Kier molecular flexibility index (Phi) is 6.91. The molecule has 3 aromatic rings. The molecule has 2 N–H and O–H groups in total. The van der Waals surface area contributed by atoms with Gasteiger partial charge in [0.05, 0.1) is 19.2 Å². The summed E-state index contributed by atoms with van der Waals surface area (Å²) in [5.74, 6) is -0.308. The predicted molar refractivity (Wildman–Crippen MR) is 110 cm³/mol. The van der Waals surface area contributed by atoms with Gasteiger partial charge in [0.25, 0.3) is 0 Å². The van der Waals surface area contributed by atoms with Crippen LogP contribution in [0.25, 0.3) is 11.3 Å². The van der Waals surface area contributed by atoms with Gasteiger partial charge >= 0.3 is 0 Å². The fraction of sp³-hybridized carbons (Fsp3) is 0.190. The van der Waals surface area contributed by atoms with Gasteiger partial charge in [0.15, 0.2) is 5.13 Å². The van der Waals surface area contributed by atoms with Crippen molar-refractivity contribution in [2.75, 3.05) is 19.0 Å². The molecular weight excluding hydrogens is 393 g/mol. The number of benzene rings is 2. The lowest BCUT2D eigenvalue weighted by Gasteiger charge is -2.06. The van der Waals surface area contributed by atoms with Crippen molar-refractivity contribution in [1.29, 1.82) is 0 Å². The normalized spacial score (nSPS) is 10.4. The van der Waals surface area contributed by atoms with E-state index in [0.717, 1.165) is 5.56 Å². The Bertz CT molecular complexity index is 992. The summed E-state index contributed by atoms with van der Waals surface area (Å²) in [7, 11) is 1.50. The molecule has 0 spiro atoms. The summed E-state index contributed by atoms with van der Waals surface area (Å²) in [6.07, 6.45) is 0.395. The number of anilines is 1. The number of hydrogen-bond acceptors (Lipinski definition) is 5. The molecule has 29 heavy (non-hydrogen) atoms. The molecule has 0 aliphatic carbocycles. The second-order valence-electron chi connectivity index (χ2n) is 6.19. The van der Waals surface area contributed by atoms with Gasteiger partial charge in [-0.15, -0.1) is 11.3 Å². The molecule has 3 rings (SSSR count). The first-order valence-corrected chi connectivity index (χ1v) is 9.83. The molecule has 0 bridgehead atoms. The van der Waals surface area contributed by atoms with Crippen molar-refractivity contribution < 1.29 is 18.7 Å². The first-order chi connectivity index (χ1) is 14.0. The number of aromatic nitrogens is 1. The minimum atomic E-state index is -0.398. The molecule has 0 aliphatic rings. The van der Waals surface area contributed by atoms with E-state index in [0.29, 0.717) is 22.1 Å². The minimum Gasteiger partial charge on any atom is -0.496 e. The number of halogens is 1. The molecule has 2 amide bonds. The van der Waals surface area contributed by atoms with E-state index in [2.05, 4.69) is 15.6 Å². The van der Waals surface area contributed by atoms with E-state index in [1.807, 2.05) is 30.3 Å². The van der Waals surface area contributed by atoms with Crippen LogP contribution in [0.2, 0.25) is 0 Å². The van der Waals surface area contributed by atoms with Crippen LogP contribution in [0.4, 0.5) is 9.52 Å². The number of rotatable bonds is 8. The zero-order chi connectivity index (χ0) is 20.6. The van der Waals surface area contributed by atoms with Gasteiger partial charge in [0.1, 0.15) is 11.6 Å². The topological polar surface area (TPSA) is 80.3 Å². The number of nitrogens with one attached hydrogen (secondary N) is 2. The summed E-state index contributed by atoms with van der Waals surface area (Å²) in [5, 5.41) is 7.53. The summed E-state index contributed by atoms with van der Waals surface area (Å²) < 4.78 is 18.8. The molecule has 0 unspecified atom stereocenters. The number of ether oxygens (including phenoxy) is 1. The molecule has 0 fully saturated rings. The van der Waals surface area contributed by atoms with Gasteiger partial charge in [-0.3, -0.25) is 9.59 Å². The zero-order valence-corrected chi connectivity index (χ0v) is 16.6. The lowest BCUT2D eigenvalue weighted by Crippen LogP contribution is -2.28. The van der Waals surface area contributed by atoms with Crippen molar-refractivity contribution in [2.24, 2.45) is 0 Å². The fourth-order valence-electron chi connectivity index (χ4n) is 2.68. The second kappa shape index (κ2) is 9.79. The smallest absolute Gasteiger partial charge is 0.227 e. The summed E-state index contributed by atoms with van der Waals surface area (Å²) >= 11 is 1.23. The monoisotopic (exact) mass is 413 g/mol. The van der Waals surface area contributed by atoms with Crippen LogP contribution < -0.4 is 15.4 Å². The summed E-state index contributed by atoms with van der Waals surface area (Å²) in [4.78, 5) is 28.3. The molecule has 0 saturated heterocycles. The highest BCUT2D eigenvalue weighted by molar-refractivity contribution is 7.14. The van der Waals surface area contributed by atoms with Crippen LogP contribution in [0, 0.1) is 5.82 Å². The molecule has 150 valence electrons. The van der Waals surface area contributed by atoms with E-state index in [1.165, 1.54) is 36.6 Å². The van der Waals surface area contributed by atoms with Gasteiger partial charge in [-0.1, -0.05) is 30.3 Å². The van der Waals surface area contributed by atoms with Gasteiger partial charge in [0.2, 0.25) is 11.8 Å². The van der Waals surface area contributed by atoms with Crippen molar-refractivity contribution in [3.63, 3.8) is 0 Å². The van der Waals surface area contributed by atoms with Gasteiger partial charge in [-0.05, 0) is 23.8 Å². The number of amides is 2. The Hall–Kier alpha value is -3.26.